The molecule has 0 amide bonds. The number of halogens is 1. The summed E-state index contributed by atoms with van der Waals surface area (Å²) in [5.41, 5.74) is 0.964. The van der Waals surface area contributed by atoms with Crippen LogP contribution in [-0.4, -0.2) is 23.1 Å². The second-order valence-corrected chi connectivity index (χ2v) is 6.03. The standard InChI is InChI=1S/C16H23BrN4/c1-3-5-9-18-15-13-11-12(17)7-8-14(13)20-16(21-15)19-10-6-4-2/h7-8,11H,3-6,9-10H2,1-2H3,(H2,18,19,20,21). The molecule has 0 aliphatic heterocycles. The SMILES string of the molecule is CCCCNc1nc(NCCCC)c2cc(Br)ccc2n1. The van der Waals surface area contributed by atoms with E-state index in [1.807, 2.05) is 12.1 Å². The molecule has 4 nitrogen and oxygen atoms in total. The van der Waals surface area contributed by atoms with Crippen LogP contribution < -0.4 is 10.6 Å². The van der Waals surface area contributed by atoms with E-state index in [1.54, 1.807) is 0 Å². The first-order valence-electron chi connectivity index (χ1n) is 7.69. The second-order valence-electron chi connectivity index (χ2n) is 5.12. The van der Waals surface area contributed by atoms with Gasteiger partial charge in [-0.3, -0.25) is 0 Å². The number of rotatable bonds is 8. The summed E-state index contributed by atoms with van der Waals surface area (Å²) in [6.07, 6.45) is 4.59. The number of anilines is 2. The fourth-order valence-electron chi connectivity index (χ4n) is 2.07. The van der Waals surface area contributed by atoms with Crippen molar-refractivity contribution in [1.82, 2.24) is 9.97 Å². The fraction of sp³-hybridized carbons (Fsp3) is 0.500. The third kappa shape index (κ3) is 4.56. The summed E-state index contributed by atoms with van der Waals surface area (Å²) in [5, 5.41) is 7.80. The Morgan fingerprint density at radius 1 is 1.00 bits per heavy atom. The lowest BCUT2D eigenvalue weighted by molar-refractivity contribution is 0.823. The van der Waals surface area contributed by atoms with Crippen LogP contribution in [0, 0.1) is 0 Å². The zero-order chi connectivity index (χ0) is 15.1. The molecular formula is C16H23BrN4. The highest BCUT2D eigenvalue weighted by molar-refractivity contribution is 9.10. The van der Waals surface area contributed by atoms with Crippen LogP contribution in [-0.2, 0) is 0 Å². The molecule has 1 aromatic carbocycles. The lowest BCUT2D eigenvalue weighted by Gasteiger charge is -2.11. The summed E-state index contributed by atoms with van der Waals surface area (Å²) >= 11 is 3.52. The maximum absolute atomic E-state index is 4.63. The van der Waals surface area contributed by atoms with E-state index < -0.39 is 0 Å². The second kappa shape index (κ2) is 8.17. The van der Waals surface area contributed by atoms with Crippen LogP contribution in [0.3, 0.4) is 0 Å². The Labute approximate surface area is 134 Å². The van der Waals surface area contributed by atoms with Crippen molar-refractivity contribution >= 4 is 38.6 Å². The van der Waals surface area contributed by atoms with E-state index in [0.717, 1.165) is 53.5 Å². The molecule has 21 heavy (non-hydrogen) atoms. The van der Waals surface area contributed by atoms with Gasteiger partial charge in [-0.05, 0) is 31.0 Å². The molecule has 0 unspecified atom stereocenters. The number of benzene rings is 1. The van der Waals surface area contributed by atoms with E-state index in [9.17, 15) is 0 Å². The third-order valence-electron chi connectivity index (χ3n) is 3.29. The molecule has 5 heteroatoms. The van der Waals surface area contributed by atoms with Crippen LogP contribution in [0.25, 0.3) is 10.9 Å². The van der Waals surface area contributed by atoms with Crippen molar-refractivity contribution in [1.29, 1.82) is 0 Å². The van der Waals surface area contributed by atoms with E-state index in [0.29, 0.717) is 5.95 Å². The first kappa shape index (κ1) is 16.0. The summed E-state index contributed by atoms with van der Waals surface area (Å²) in [6.45, 7) is 6.21. The van der Waals surface area contributed by atoms with Crippen LogP contribution in [0.2, 0.25) is 0 Å². The van der Waals surface area contributed by atoms with E-state index >= 15 is 0 Å². The highest BCUT2D eigenvalue weighted by Crippen LogP contribution is 2.25. The predicted octanol–water partition coefficient (Wildman–Crippen LogP) is 4.82. The Morgan fingerprint density at radius 2 is 1.71 bits per heavy atom. The van der Waals surface area contributed by atoms with Crippen molar-refractivity contribution in [3.8, 4) is 0 Å². The predicted molar refractivity (Wildman–Crippen MR) is 94.0 cm³/mol. The molecule has 0 fully saturated rings. The highest BCUT2D eigenvalue weighted by Gasteiger charge is 2.07. The molecule has 0 radical (unpaired) electrons. The summed E-state index contributed by atoms with van der Waals surface area (Å²) in [4.78, 5) is 9.23. The average molecular weight is 351 g/mol. The van der Waals surface area contributed by atoms with Crippen molar-refractivity contribution < 1.29 is 0 Å². The van der Waals surface area contributed by atoms with Gasteiger partial charge < -0.3 is 10.6 Å². The number of fused-ring (bicyclic) bond motifs is 1. The number of aromatic nitrogens is 2. The van der Waals surface area contributed by atoms with Crippen molar-refractivity contribution in [2.45, 2.75) is 39.5 Å². The van der Waals surface area contributed by atoms with Gasteiger partial charge in [0.1, 0.15) is 5.82 Å². The summed E-state index contributed by atoms with van der Waals surface area (Å²) in [5.74, 6) is 1.62. The van der Waals surface area contributed by atoms with Crippen LogP contribution >= 0.6 is 15.9 Å². The molecule has 0 aliphatic carbocycles. The fourth-order valence-corrected chi connectivity index (χ4v) is 2.44. The Balaban J connectivity index is 2.28. The smallest absolute Gasteiger partial charge is 0.225 e. The lowest BCUT2D eigenvalue weighted by atomic mass is 10.2. The van der Waals surface area contributed by atoms with Crippen LogP contribution in [0.15, 0.2) is 22.7 Å². The zero-order valence-electron chi connectivity index (χ0n) is 12.7. The van der Waals surface area contributed by atoms with Gasteiger partial charge in [0.05, 0.1) is 5.52 Å². The van der Waals surface area contributed by atoms with Crippen molar-refractivity contribution in [3.05, 3.63) is 22.7 Å². The van der Waals surface area contributed by atoms with Gasteiger partial charge in [0.15, 0.2) is 0 Å². The number of hydrogen-bond donors (Lipinski definition) is 2. The molecule has 114 valence electrons. The van der Waals surface area contributed by atoms with Gasteiger partial charge in [-0.2, -0.15) is 4.98 Å². The topological polar surface area (TPSA) is 49.8 Å². The van der Waals surface area contributed by atoms with Gasteiger partial charge in [0, 0.05) is 22.9 Å². The zero-order valence-corrected chi connectivity index (χ0v) is 14.3. The molecule has 0 atom stereocenters. The molecule has 1 heterocycles. The minimum absolute atomic E-state index is 0.706. The Kier molecular flexibility index (Phi) is 6.23. The molecule has 0 bridgehead atoms. The molecule has 0 saturated heterocycles. The molecular weight excluding hydrogens is 328 g/mol. The molecule has 2 aromatic rings. The van der Waals surface area contributed by atoms with Crippen LogP contribution in [0.5, 0.6) is 0 Å². The minimum Gasteiger partial charge on any atom is -0.369 e. The van der Waals surface area contributed by atoms with Crippen LogP contribution in [0.4, 0.5) is 11.8 Å². The van der Waals surface area contributed by atoms with E-state index in [1.165, 1.54) is 6.42 Å². The maximum Gasteiger partial charge on any atom is 0.225 e. The van der Waals surface area contributed by atoms with E-state index in [-0.39, 0.29) is 0 Å². The molecule has 0 saturated carbocycles. The van der Waals surface area contributed by atoms with Crippen molar-refractivity contribution in [2.75, 3.05) is 23.7 Å². The lowest BCUT2D eigenvalue weighted by Crippen LogP contribution is -2.09. The Bertz CT molecular complexity index is 586. The number of unbranched alkanes of at least 4 members (excludes halogenated alkanes) is 2. The summed E-state index contributed by atoms with van der Waals surface area (Å²) in [7, 11) is 0. The molecule has 1 aromatic heterocycles. The molecule has 2 rings (SSSR count). The molecule has 0 aliphatic rings. The molecule has 0 spiro atoms. The minimum atomic E-state index is 0.706. The average Bonchev–Trinajstić information content (AvgIpc) is 2.48. The first-order valence-corrected chi connectivity index (χ1v) is 8.49. The van der Waals surface area contributed by atoms with Gasteiger partial charge in [-0.1, -0.05) is 42.6 Å². The van der Waals surface area contributed by atoms with E-state index in [2.05, 4.69) is 56.4 Å². The normalized spacial score (nSPS) is 10.8. The van der Waals surface area contributed by atoms with Gasteiger partial charge in [-0.15, -0.1) is 0 Å². The Hall–Kier alpha value is -1.36. The number of hydrogen-bond acceptors (Lipinski definition) is 4. The first-order chi connectivity index (χ1) is 10.2. The molecule has 2 N–H and O–H groups in total. The third-order valence-corrected chi connectivity index (χ3v) is 3.79. The summed E-state index contributed by atoms with van der Waals surface area (Å²) < 4.78 is 1.05. The van der Waals surface area contributed by atoms with Gasteiger partial charge in [0.25, 0.3) is 0 Å². The van der Waals surface area contributed by atoms with Crippen molar-refractivity contribution in [3.63, 3.8) is 0 Å². The van der Waals surface area contributed by atoms with Gasteiger partial charge in [-0.25, -0.2) is 4.98 Å². The quantitative estimate of drug-likeness (QED) is 0.670. The largest absolute Gasteiger partial charge is 0.369 e. The van der Waals surface area contributed by atoms with Crippen LogP contribution in [0.1, 0.15) is 39.5 Å². The van der Waals surface area contributed by atoms with Gasteiger partial charge >= 0.3 is 0 Å². The number of nitrogens with one attached hydrogen (secondary N) is 2. The highest BCUT2D eigenvalue weighted by atomic mass is 79.9. The summed E-state index contributed by atoms with van der Waals surface area (Å²) in [6, 6.07) is 6.11. The van der Waals surface area contributed by atoms with Gasteiger partial charge in [0.2, 0.25) is 5.95 Å². The van der Waals surface area contributed by atoms with E-state index in [4.69, 9.17) is 0 Å². The Morgan fingerprint density at radius 3 is 2.43 bits per heavy atom. The monoisotopic (exact) mass is 350 g/mol. The maximum atomic E-state index is 4.63. The number of nitrogens with zero attached hydrogens (tertiary/aromatic N) is 2. The van der Waals surface area contributed by atoms with Crippen molar-refractivity contribution in [2.24, 2.45) is 0 Å².